The molecule has 0 radical (unpaired) electrons. The zero-order valence-electron chi connectivity index (χ0n) is 13.0. The summed E-state index contributed by atoms with van der Waals surface area (Å²) >= 11 is 1.98. The van der Waals surface area contributed by atoms with E-state index in [1.165, 1.54) is 51.3 Å². The van der Waals surface area contributed by atoms with Crippen LogP contribution in [0, 0.1) is 0 Å². The van der Waals surface area contributed by atoms with Gasteiger partial charge in [0.2, 0.25) is 0 Å². The van der Waals surface area contributed by atoms with E-state index in [0.29, 0.717) is 0 Å². The Morgan fingerprint density at radius 3 is 2.41 bits per heavy atom. The van der Waals surface area contributed by atoms with Crippen LogP contribution in [0.1, 0.15) is 36.0 Å². The molecule has 1 aliphatic rings. The van der Waals surface area contributed by atoms with Crippen LogP contribution in [0.25, 0.3) is 11.1 Å². The topological polar surface area (TPSA) is 0 Å². The normalized spacial score (nSPS) is 13.5. The van der Waals surface area contributed by atoms with Crippen LogP contribution in [-0.2, 0) is 6.42 Å². The Morgan fingerprint density at radius 1 is 0.909 bits per heavy atom. The van der Waals surface area contributed by atoms with Crippen LogP contribution in [0.4, 0.5) is 0 Å². The molecule has 112 valence electrons. The second-order valence-electron chi connectivity index (χ2n) is 5.85. The van der Waals surface area contributed by atoms with Crippen LogP contribution in [0.3, 0.4) is 0 Å². The molecule has 2 aromatic carbocycles. The first kappa shape index (κ1) is 15.2. The number of hydrogen-bond acceptors (Lipinski definition) is 1. The summed E-state index contributed by atoms with van der Waals surface area (Å²) in [5.41, 5.74) is 6.42. The monoisotopic (exact) mass is 306 g/mol. The lowest BCUT2D eigenvalue weighted by atomic mass is 9.96. The second-order valence-corrected chi connectivity index (χ2v) is 6.98. The number of rotatable bonds is 5. The average molecular weight is 306 g/mol. The molecule has 0 unspecified atom stereocenters. The molecule has 1 heterocycles. The highest BCUT2D eigenvalue weighted by Gasteiger charge is 2.11. The highest BCUT2D eigenvalue weighted by Crippen LogP contribution is 2.33. The smallest absolute Gasteiger partial charge is 0.0110 e. The number of fused-ring (bicyclic) bond motifs is 1. The van der Waals surface area contributed by atoms with Gasteiger partial charge in [-0.2, -0.15) is 0 Å². The summed E-state index contributed by atoms with van der Waals surface area (Å²) in [6.45, 7) is 8.50. The summed E-state index contributed by atoms with van der Waals surface area (Å²) in [5, 5.41) is 0. The van der Waals surface area contributed by atoms with Gasteiger partial charge < -0.3 is 0 Å². The van der Waals surface area contributed by atoms with Crippen LogP contribution in [0.15, 0.2) is 66.6 Å². The van der Waals surface area contributed by atoms with E-state index in [4.69, 9.17) is 0 Å². The third kappa shape index (κ3) is 3.53. The maximum absolute atomic E-state index is 4.29. The lowest BCUT2D eigenvalue weighted by Gasteiger charge is -2.17. The van der Waals surface area contributed by atoms with E-state index in [1.807, 2.05) is 17.8 Å². The molecule has 0 saturated heterocycles. The van der Waals surface area contributed by atoms with Gasteiger partial charge in [0.15, 0.2) is 0 Å². The largest absolute Gasteiger partial charge is 0.126 e. The Morgan fingerprint density at radius 2 is 1.64 bits per heavy atom. The molecule has 0 aliphatic carbocycles. The molecule has 0 fully saturated rings. The van der Waals surface area contributed by atoms with Crippen molar-refractivity contribution in [3.05, 3.63) is 78.4 Å². The minimum Gasteiger partial charge on any atom is -0.126 e. The zero-order valence-corrected chi connectivity index (χ0v) is 13.8. The van der Waals surface area contributed by atoms with Gasteiger partial charge in [-0.15, -0.1) is 11.8 Å². The van der Waals surface area contributed by atoms with Gasteiger partial charge in [0.05, 0.1) is 0 Å². The Hall–Kier alpha value is -1.73. The van der Waals surface area contributed by atoms with E-state index < -0.39 is 0 Å². The second kappa shape index (κ2) is 7.02. The maximum Gasteiger partial charge on any atom is 0.0110 e. The molecular weight excluding hydrogens is 284 g/mol. The molecule has 0 nitrogen and oxygen atoms in total. The van der Waals surface area contributed by atoms with Crippen LogP contribution >= 0.6 is 11.8 Å². The quantitative estimate of drug-likeness (QED) is 0.631. The molecule has 0 N–H and O–H groups in total. The third-order valence-corrected chi connectivity index (χ3v) is 5.42. The lowest BCUT2D eigenvalue weighted by Crippen LogP contribution is -1.99. The summed E-state index contributed by atoms with van der Waals surface area (Å²) in [4.78, 5) is 1.45. The molecule has 0 amide bonds. The SMILES string of the molecule is C=C(CCC(=C)c1ccc2c(c1)SCCC2)c1ccccc1. The van der Waals surface area contributed by atoms with Crippen molar-refractivity contribution in [1.82, 2.24) is 0 Å². The third-order valence-electron chi connectivity index (χ3n) is 4.23. The first-order chi connectivity index (χ1) is 10.7. The molecule has 0 saturated carbocycles. The fraction of sp³-hybridized carbons (Fsp3) is 0.238. The molecular formula is C21H22S. The van der Waals surface area contributed by atoms with E-state index in [1.54, 1.807) is 0 Å². The molecule has 22 heavy (non-hydrogen) atoms. The van der Waals surface area contributed by atoms with Gasteiger partial charge in [0.25, 0.3) is 0 Å². The lowest BCUT2D eigenvalue weighted by molar-refractivity contribution is 0.889. The van der Waals surface area contributed by atoms with Crippen LogP contribution in [0.2, 0.25) is 0 Å². The zero-order chi connectivity index (χ0) is 15.4. The summed E-state index contributed by atoms with van der Waals surface area (Å²) < 4.78 is 0. The summed E-state index contributed by atoms with van der Waals surface area (Å²) in [6.07, 6.45) is 4.46. The van der Waals surface area contributed by atoms with Gasteiger partial charge in [0, 0.05) is 4.90 Å². The van der Waals surface area contributed by atoms with Crippen LogP contribution in [0.5, 0.6) is 0 Å². The molecule has 1 aliphatic heterocycles. The van der Waals surface area contributed by atoms with Crippen LogP contribution in [-0.4, -0.2) is 5.75 Å². The Labute approximate surface area is 138 Å². The summed E-state index contributed by atoms with van der Waals surface area (Å²) in [7, 11) is 0. The van der Waals surface area contributed by atoms with E-state index in [2.05, 4.69) is 55.6 Å². The van der Waals surface area contributed by atoms with Gasteiger partial charge in [0.1, 0.15) is 0 Å². The van der Waals surface area contributed by atoms with Gasteiger partial charge in [-0.1, -0.05) is 55.6 Å². The minimum atomic E-state index is 0.965. The van der Waals surface area contributed by atoms with E-state index in [0.717, 1.165) is 12.8 Å². The van der Waals surface area contributed by atoms with E-state index in [-0.39, 0.29) is 0 Å². The van der Waals surface area contributed by atoms with Gasteiger partial charge in [-0.05, 0) is 65.3 Å². The number of aryl methyl sites for hydroxylation is 1. The summed E-state index contributed by atoms with van der Waals surface area (Å²) in [5.74, 6) is 1.24. The highest BCUT2D eigenvalue weighted by molar-refractivity contribution is 7.99. The van der Waals surface area contributed by atoms with Crippen molar-refractivity contribution >= 4 is 22.9 Å². The van der Waals surface area contributed by atoms with Crippen LogP contribution < -0.4 is 0 Å². The number of allylic oxidation sites excluding steroid dienone is 2. The van der Waals surface area contributed by atoms with Crippen molar-refractivity contribution in [1.29, 1.82) is 0 Å². The Kier molecular flexibility index (Phi) is 4.84. The highest BCUT2D eigenvalue weighted by atomic mass is 32.2. The first-order valence-electron chi connectivity index (χ1n) is 7.91. The fourth-order valence-electron chi connectivity index (χ4n) is 2.82. The molecule has 0 aromatic heterocycles. The van der Waals surface area contributed by atoms with Crippen molar-refractivity contribution in [2.24, 2.45) is 0 Å². The minimum absolute atomic E-state index is 0.965. The summed E-state index contributed by atoms with van der Waals surface area (Å²) in [6, 6.07) is 17.3. The van der Waals surface area contributed by atoms with E-state index in [9.17, 15) is 0 Å². The first-order valence-corrected chi connectivity index (χ1v) is 8.89. The molecule has 0 bridgehead atoms. The molecule has 0 spiro atoms. The number of benzene rings is 2. The van der Waals surface area contributed by atoms with Gasteiger partial charge in [-0.25, -0.2) is 0 Å². The standard InChI is InChI=1S/C21H22S/c1-16(18-7-4-3-5-8-18)10-11-17(2)20-13-12-19-9-6-14-22-21(19)15-20/h3-5,7-8,12-13,15H,1-2,6,9-11,14H2. The predicted octanol–water partition coefficient (Wildman–Crippen LogP) is 6.23. The molecule has 0 atom stereocenters. The van der Waals surface area contributed by atoms with E-state index >= 15 is 0 Å². The fourth-order valence-corrected chi connectivity index (χ4v) is 3.90. The van der Waals surface area contributed by atoms with Crippen molar-refractivity contribution in [3.63, 3.8) is 0 Å². The van der Waals surface area contributed by atoms with Crippen molar-refractivity contribution in [3.8, 4) is 0 Å². The number of hydrogen-bond donors (Lipinski definition) is 0. The molecule has 3 rings (SSSR count). The predicted molar refractivity (Wildman–Crippen MR) is 99.2 cm³/mol. The Bertz CT molecular complexity index is 682. The van der Waals surface area contributed by atoms with Crippen molar-refractivity contribution in [2.45, 2.75) is 30.6 Å². The maximum atomic E-state index is 4.29. The average Bonchev–Trinajstić information content (AvgIpc) is 2.59. The number of thioether (sulfide) groups is 1. The van der Waals surface area contributed by atoms with Gasteiger partial charge in [-0.3, -0.25) is 0 Å². The molecule has 2 aromatic rings. The van der Waals surface area contributed by atoms with Gasteiger partial charge >= 0.3 is 0 Å². The Balaban J connectivity index is 1.64. The van der Waals surface area contributed by atoms with Crippen molar-refractivity contribution in [2.75, 3.05) is 5.75 Å². The van der Waals surface area contributed by atoms with Crippen molar-refractivity contribution < 1.29 is 0 Å². The molecule has 1 heteroatoms.